The topological polar surface area (TPSA) is 110 Å². The Kier molecular flexibility index (Phi) is 9.07. The molecule has 2 saturated heterocycles. The molecular formula is C31H34N4O5S2. The third kappa shape index (κ3) is 7.14. The molecule has 2 N–H and O–H groups in total. The Morgan fingerprint density at radius 3 is 2.50 bits per heavy atom. The molecule has 6 rings (SSSR count). The van der Waals surface area contributed by atoms with Crippen molar-refractivity contribution in [1.82, 2.24) is 15.2 Å². The normalized spacial score (nSPS) is 20.7. The van der Waals surface area contributed by atoms with Gasteiger partial charge in [0, 0.05) is 41.5 Å². The lowest BCUT2D eigenvalue weighted by Gasteiger charge is -2.31. The fourth-order valence-corrected chi connectivity index (χ4v) is 7.44. The summed E-state index contributed by atoms with van der Waals surface area (Å²) in [6.07, 6.45) is 4.31. The fraction of sp³-hybridized carbons (Fsp3) is 0.419. The number of rotatable bonds is 9. The first-order valence-electron chi connectivity index (χ1n) is 14.4. The van der Waals surface area contributed by atoms with Gasteiger partial charge in [-0.1, -0.05) is 42.5 Å². The molecule has 0 bridgehead atoms. The van der Waals surface area contributed by atoms with Gasteiger partial charge in [-0.05, 0) is 55.7 Å². The van der Waals surface area contributed by atoms with Gasteiger partial charge >= 0.3 is 6.09 Å². The van der Waals surface area contributed by atoms with E-state index in [9.17, 15) is 14.4 Å². The highest BCUT2D eigenvalue weighted by Gasteiger charge is 2.43. The first-order chi connectivity index (χ1) is 20.5. The van der Waals surface area contributed by atoms with Crippen molar-refractivity contribution in [3.63, 3.8) is 0 Å². The molecule has 3 amide bonds. The van der Waals surface area contributed by atoms with Crippen molar-refractivity contribution in [3.05, 3.63) is 71.1 Å². The summed E-state index contributed by atoms with van der Waals surface area (Å²) in [7, 11) is 0. The van der Waals surface area contributed by atoms with Crippen LogP contribution in [0.3, 0.4) is 0 Å². The number of aromatic nitrogens is 1. The Labute approximate surface area is 253 Å². The van der Waals surface area contributed by atoms with Gasteiger partial charge in [-0.15, -0.1) is 23.1 Å². The standard InChI is InChI=1S/C31H34N4O5S2/c36-28(32-24-10-11-24)23-8-6-22(7-9-23)25-18-42-30(33-25)34-29(37)26-19-41-27(16-20-12-14-39-15-13-20)35(26)31(38)40-17-21-4-2-1-3-5-21/h1-9,18,20,24,26-27H,10-17,19H2,(H,32,36)(H,33,34,37). The van der Waals surface area contributed by atoms with Crippen LogP contribution >= 0.6 is 23.1 Å². The van der Waals surface area contributed by atoms with E-state index in [0.29, 0.717) is 34.1 Å². The van der Waals surface area contributed by atoms with Crippen LogP contribution < -0.4 is 10.6 Å². The quantitative estimate of drug-likeness (QED) is 0.329. The number of hydrogen-bond donors (Lipinski definition) is 2. The summed E-state index contributed by atoms with van der Waals surface area (Å²) in [5.74, 6) is 0.589. The molecule has 2 aromatic carbocycles. The maximum atomic E-state index is 13.5. The number of carbonyl (C=O) groups excluding carboxylic acids is 3. The molecule has 3 aliphatic rings. The second-order valence-electron chi connectivity index (χ2n) is 10.9. The number of nitrogens with one attached hydrogen (secondary N) is 2. The summed E-state index contributed by atoms with van der Waals surface area (Å²) >= 11 is 2.96. The average molecular weight is 607 g/mol. The van der Waals surface area contributed by atoms with E-state index in [1.165, 1.54) is 11.3 Å². The third-order valence-electron chi connectivity index (χ3n) is 7.78. The van der Waals surface area contributed by atoms with Crippen LogP contribution in [0.4, 0.5) is 9.93 Å². The Hall–Kier alpha value is -3.41. The number of nitrogens with zero attached hydrogens (tertiary/aromatic N) is 2. The van der Waals surface area contributed by atoms with Gasteiger partial charge in [0.2, 0.25) is 5.91 Å². The lowest BCUT2D eigenvalue weighted by atomic mass is 9.96. The number of thiazole rings is 1. The average Bonchev–Trinajstić information content (AvgIpc) is 3.54. The van der Waals surface area contributed by atoms with Crippen LogP contribution in [-0.4, -0.2) is 64.2 Å². The number of benzene rings is 2. The van der Waals surface area contributed by atoms with E-state index in [-0.39, 0.29) is 23.8 Å². The largest absolute Gasteiger partial charge is 0.445 e. The number of anilines is 1. The second-order valence-corrected chi connectivity index (χ2v) is 13.0. The molecule has 3 heterocycles. The van der Waals surface area contributed by atoms with E-state index >= 15 is 0 Å². The SMILES string of the molecule is O=C(NC1CC1)c1ccc(-c2csc(NC(=O)C3CSC(CC4CCOCC4)N3C(=O)OCc3ccccc3)n2)cc1. The van der Waals surface area contributed by atoms with E-state index in [4.69, 9.17) is 9.47 Å². The van der Waals surface area contributed by atoms with Crippen LogP contribution in [0.5, 0.6) is 0 Å². The summed E-state index contributed by atoms with van der Waals surface area (Å²) in [4.78, 5) is 45.5. The van der Waals surface area contributed by atoms with Crippen LogP contribution in [0.1, 0.15) is 48.0 Å². The van der Waals surface area contributed by atoms with Gasteiger partial charge in [-0.3, -0.25) is 14.5 Å². The van der Waals surface area contributed by atoms with Gasteiger partial charge in [0.1, 0.15) is 12.6 Å². The van der Waals surface area contributed by atoms with E-state index in [1.807, 2.05) is 47.8 Å². The van der Waals surface area contributed by atoms with Gasteiger partial charge in [0.05, 0.1) is 11.1 Å². The molecule has 1 aromatic heterocycles. The van der Waals surface area contributed by atoms with Crippen molar-refractivity contribution >= 4 is 46.1 Å². The zero-order valence-corrected chi connectivity index (χ0v) is 24.8. The molecule has 2 unspecified atom stereocenters. The monoisotopic (exact) mass is 606 g/mol. The molecule has 2 atom stereocenters. The van der Waals surface area contributed by atoms with E-state index < -0.39 is 12.1 Å². The maximum Gasteiger partial charge on any atom is 0.411 e. The summed E-state index contributed by atoms with van der Waals surface area (Å²) in [5.41, 5.74) is 3.07. The molecule has 1 aliphatic carbocycles. The van der Waals surface area contributed by atoms with Gasteiger partial charge < -0.3 is 20.1 Å². The van der Waals surface area contributed by atoms with Crippen LogP contribution in [0, 0.1) is 5.92 Å². The van der Waals surface area contributed by atoms with Gasteiger partial charge in [0.25, 0.3) is 5.91 Å². The van der Waals surface area contributed by atoms with Crippen molar-refractivity contribution in [3.8, 4) is 11.3 Å². The number of amides is 3. The molecule has 0 radical (unpaired) electrons. The van der Waals surface area contributed by atoms with Crippen molar-refractivity contribution in [2.24, 2.45) is 5.92 Å². The lowest BCUT2D eigenvalue weighted by Crippen LogP contribution is -2.48. The fourth-order valence-electron chi connectivity index (χ4n) is 5.19. The predicted molar refractivity (Wildman–Crippen MR) is 163 cm³/mol. The summed E-state index contributed by atoms with van der Waals surface area (Å²) in [6.45, 7) is 1.61. The number of hydrogen-bond acceptors (Lipinski definition) is 8. The van der Waals surface area contributed by atoms with Gasteiger partial charge in [-0.25, -0.2) is 9.78 Å². The van der Waals surface area contributed by atoms with Gasteiger partial charge in [0.15, 0.2) is 5.13 Å². The zero-order chi connectivity index (χ0) is 28.9. The van der Waals surface area contributed by atoms with Crippen LogP contribution in [-0.2, 0) is 20.9 Å². The van der Waals surface area contributed by atoms with Crippen molar-refractivity contribution < 1.29 is 23.9 Å². The highest BCUT2D eigenvalue weighted by molar-refractivity contribution is 8.00. The van der Waals surface area contributed by atoms with E-state index in [0.717, 1.165) is 56.4 Å². The van der Waals surface area contributed by atoms with E-state index in [1.54, 1.807) is 28.8 Å². The molecular weight excluding hydrogens is 572 g/mol. The molecule has 3 fully saturated rings. The van der Waals surface area contributed by atoms with Crippen molar-refractivity contribution in [2.45, 2.75) is 56.2 Å². The summed E-state index contributed by atoms with van der Waals surface area (Å²) < 4.78 is 11.2. The Balaban J connectivity index is 1.11. The maximum absolute atomic E-state index is 13.5. The van der Waals surface area contributed by atoms with Crippen LogP contribution in [0.25, 0.3) is 11.3 Å². The number of ether oxygens (including phenoxy) is 2. The zero-order valence-electron chi connectivity index (χ0n) is 23.2. The Morgan fingerprint density at radius 1 is 1.00 bits per heavy atom. The number of thioether (sulfide) groups is 1. The van der Waals surface area contributed by atoms with Crippen molar-refractivity contribution in [2.75, 3.05) is 24.3 Å². The molecule has 220 valence electrons. The van der Waals surface area contributed by atoms with Crippen LogP contribution in [0.15, 0.2) is 60.0 Å². The molecule has 9 nitrogen and oxygen atoms in total. The van der Waals surface area contributed by atoms with Crippen molar-refractivity contribution in [1.29, 1.82) is 0 Å². The van der Waals surface area contributed by atoms with Gasteiger partial charge in [-0.2, -0.15) is 0 Å². The van der Waals surface area contributed by atoms with E-state index in [2.05, 4.69) is 15.6 Å². The minimum absolute atomic E-state index is 0.0633. The lowest BCUT2D eigenvalue weighted by molar-refractivity contribution is -0.120. The van der Waals surface area contributed by atoms with Crippen LogP contribution in [0.2, 0.25) is 0 Å². The summed E-state index contributed by atoms with van der Waals surface area (Å²) in [6, 6.07) is 16.5. The highest BCUT2D eigenvalue weighted by atomic mass is 32.2. The first-order valence-corrected chi connectivity index (χ1v) is 16.3. The summed E-state index contributed by atoms with van der Waals surface area (Å²) in [5, 5.41) is 8.12. The number of carbonyl (C=O) groups is 3. The minimum Gasteiger partial charge on any atom is -0.445 e. The Morgan fingerprint density at radius 2 is 1.76 bits per heavy atom. The first kappa shape index (κ1) is 28.7. The molecule has 1 saturated carbocycles. The third-order valence-corrected chi connectivity index (χ3v) is 9.85. The molecule has 2 aliphatic heterocycles. The molecule has 0 spiro atoms. The predicted octanol–water partition coefficient (Wildman–Crippen LogP) is 5.54. The molecule has 11 heteroatoms. The smallest absolute Gasteiger partial charge is 0.411 e. The molecule has 42 heavy (non-hydrogen) atoms. The molecule has 3 aromatic rings. The minimum atomic E-state index is -0.667. The highest BCUT2D eigenvalue weighted by Crippen LogP contribution is 2.37. The Bertz CT molecular complexity index is 1390. The second kappa shape index (κ2) is 13.3.